The first-order valence-electron chi connectivity index (χ1n) is 8.70. The van der Waals surface area contributed by atoms with Crippen LogP contribution in [-0.4, -0.2) is 68.5 Å². The third kappa shape index (κ3) is 4.56. The molecule has 1 aromatic heterocycles. The predicted molar refractivity (Wildman–Crippen MR) is 108 cm³/mol. The van der Waals surface area contributed by atoms with Gasteiger partial charge in [0, 0.05) is 23.6 Å². The molecule has 0 saturated carbocycles. The minimum absolute atomic E-state index is 0.147. The summed E-state index contributed by atoms with van der Waals surface area (Å²) in [5.41, 5.74) is 10.8. The van der Waals surface area contributed by atoms with Gasteiger partial charge in [-0.3, -0.25) is 19.3 Å². The van der Waals surface area contributed by atoms with Crippen molar-refractivity contribution in [2.75, 3.05) is 18.1 Å². The lowest BCUT2D eigenvalue weighted by molar-refractivity contribution is -0.151. The molecule has 3 rings (SSSR count). The summed E-state index contributed by atoms with van der Waals surface area (Å²) in [5.74, 6) is -3.16. The molecule has 2 aliphatic heterocycles. The number of carbonyl (C=O) groups is 5. The minimum atomic E-state index is -1.35. The van der Waals surface area contributed by atoms with Crippen LogP contribution in [0.25, 0.3) is 0 Å². The molecule has 2 unspecified atom stereocenters. The van der Waals surface area contributed by atoms with Gasteiger partial charge in [0.05, 0.1) is 5.69 Å². The summed E-state index contributed by atoms with van der Waals surface area (Å²) in [6.45, 7) is 0.931. The molecule has 3 atom stereocenters. The number of rotatable bonds is 7. The number of ether oxygens (including phenoxy) is 1. The van der Waals surface area contributed by atoms with Crippen LogP contribution in [0.2, 0.25) is 0 Å². The minimum Gasteiger partial charge on any atom is -0.477 e. The highest BCUT2D eigenvalue weighted by atomic mass is 32.2. The smallest absolute Gasteiger partial charge is 0.352 e. The van der Waals surface area contributed by atoms with E-state index in [1.54, 1.807) is 0 Å². The molecule has 31 heavy (non-hydrogen) atoms. The Bertz CT molecular complexity index is 993. The first-order valence-corrected chi connectivity index (χ1v) is 10.6. The average Bonchev–Trinajstić information content (AvgIpc) is 3.13. The van der Waals surface area contributed by atoms with Crippen molar-refractivity contribution in [2.45, 2.75) is 24.4 Å². The number of aromatic nitrogens is 1. The second-order valence-electron chi connectivity index (χ2n) is 6.49. The molecule has 1 saturated heterocycles. The van der Waals surface area contributed by atoms with Crippen molar-refractivity contribution in [3.8, 4) is 0 Å². The molecule has 2 aliphatic rings. The molecule has 166 valence electrons. The van der Waals surface area contributed by atoms with Gasteiger partial charge in [-0.25, -0.2) is 14.6 Å². The number of esters is 1. The molecule has 4 amide bonds. The standard InChI is InChI=1S/C16H18N6O7S2/c1-5(23)29-2-6-3-30-13-9(12(25)22(13)10(6)14(26)27)20-11(24)8(21-15(17)28)7-4-31-16(18)19-7/h4,8-9,13H,2-3H2,1H3,(H2,18,19)(H,20,24)(H,26,27)(H3,17,21,28)/t8?,9-,13?/m0/s1. The van der Waals surface area contributed by atoms with Crippen LogP contribution >= 0.6 is 23.1 Å². The van der Waals surface area contributed by atoms with Gasteiger partial charge in [0.1, 0.15) is 23.7 Å². The highest BCUT2D eigenvalue weighted by molar-refractivity contribution is 8.00. The van der Waals surface area contributed by atoms with Crippen LogP contribution in [0.15, 0.2) is 16.7 Å². The Morgan fingerprint density at radius 1 is 1.42 bits per heavy atom. The maximum Gasteiger partial charge on any atom is 0.352 e. The first-order chi connectivity index (χ1) is 14.6. The molecule has 3 heterocycles. The number of nitrogens with two attached hydrogens (primary N) is 2. The van der Waals surface area contributed by atoms with Crippen LogP contribution in [0.5, 0.6) is 0 Å². The fourth-order valence-electron chi connectivity index (χ4n) is 3.07. The van der Waals surface area contributed by atoms with E-state index in [1.807, 2.05) is 0 Å². The van der Waals surface area contributed by atoms with Gasteiger partial charge < -0.3 is 31.9 Å². The molecule has 7 N–H and O–H groups in total. The van der Waals surface area contributed by atoms with E-state index in [2.05, 4.69) is 15.6 Å². The van der Waals surface area contributed by atoms with Crippen molar-refractivity contribution in [1.82, 2.24) is 20.5 Å². The SMILES string of the molecule is CC(=O)OCC1=C(C(=O)O)N2C(=O)[C@H](NC(=O)C(NC(N)=O)c3csc(N)n3)C2SC1. The molecule has 0 spiro atoms. The Labute approximate surface area is 183 Å². The number of hydrogen-bond donors (Lipinski definition) is 5. The zero-order chi connectivity index (χ0) is 22.9. The fraction of sp³-hybridized carbons (Fsp3) is 0.375. The molecule has 1 aromatic rings. The third-order valence-electron chi connectivity index (χ3n) is 4.38. The Kier molecular flexibility index (Phi) is 6.35. The molecular weight excluding hydrogens is 452 g/mol. The zero-order valence-corrected chi connectivity index (χ0v) is 17.6. The molecule has 1 fully saturated rings. The van der Waals surface area contributed by atoms with Gasteiger partial charge in [0.25, 0.3) is 5.91 Å². The number of nitrogen functional groups attached to an aromatic ring is 1. The number of thioether (sulfide) groups is 1. The third-order valence-corrected chi connectivity index (χ3v) is 6.41. The van der Waals surface area contributed by atoms with E-state index in [9.17, 15) is 29.1 Å². The average molecular weight is 470 g/mol. The van der Waals surface area contributed by atoms with E-state index in [-0.39, 0.29) is 34.5 Å². The summed E-state index contributed by atoms with van der Waals surface area (Å²) >= 11 is 2.26. The van der Waals surface area contributed by atoms with E-state index < -0.39 is 47.2 Å². The summed E-state index contributed by atoms with van der Waals surface area (Å²) < 4.78 is 4.87. The lowest BCUT2D eigenvalue weighted by Gasteiger charge is -2.49. The van der Waals surface area contributed by atoms with Gasteiger partial charge >= 0.3 is 18.0 Å². The number of thiazole rings is 1. The van der Waals surface area contributed by atoms with E-state index in [0.717, 1.165) is 16.2 Å². The molecule has 15 heteroatoms. The molecule has 13 nitrogen and oxygen atoms in total. The van der Waals surface area contributed by atoms with Crippen molar-refractivity contribution < 1.29 is 33.8 Å². The van der Waals surface area contributed by atoms with Crippen molar-refractivity contribution in [3.05, 3.63) is 22.3 Å². The Morgan fingerprint density at radius 3 is 2.68 bits per heavy atom. The number of hydrogen-bond acceptors (Lipinski definition) is 10. The van der Waals surface area contributed by atoms with Gasteiger partial charge in [-0.1, -0.05) is 0 Å². The van der Waals surface area contributed by atoms with E-state index in [1.165, 1.54) is 24.1 Å². The number of carboxylic acids is 1. The summed E-state index contributed by atoms with van der Waals surface area (Å²) in [7, 11) is 0. The Hall–Kier alpha value is -3.33. The maximum absolute atomic E-state index is 12.7. The fourth-order valence-corrected chi connectivity index (χ4v) is 4.98. The molecule has 0 aliphatic carbocycles. The number of carboxylic acid groups (broad SMARTS) is 1. The number of fused-ring (bicyclic) bond motifs is 1. The van der Waals surface area contributed by atoms with Gasteiger partial charge in [0.15, 0.2) is 11.2 Å². The summed E-state index contributed by atoms with van der Waals surface area (Å²) in [6.07, 6.45) is 0. The van der Waals surface area contributed by atoms with Gasteiger partial charge in [0.2, 0.25) is 5.91 Å². The lowest BCUT2D eigenvalue weighted by Crippen LogP contribution is -2.71. The van der Waals surface area contributed by atoms with Gasteiger partial charge in [-0.15, -0.1) is 23.1 Å². The topological polar surface area (TPSA) is 207 Å². The number of carbonyl (C=O) groups excluding carboxylic acids is 4. The number of urea groups is 1. The second kappa shape index (κ2) is 8.81. The van der Waals surface area contributed by atoms with Crippen molar-refractivity contribution in [2.24, 2.45) is 5.73 Å². The van der Waals surface area contributed by atoms with Gasteiger partial charge in [-0.05, 0) is 0 Å². The van der Waals surface area contributed by atoms with Crippen LogP contribution in [0.1, 0.15) is 18.7 Å². The highest BCUT2D eigenvalue weighted by Gasteiger charge is 2.54. The lowest BCUT2D eigenvalue weighted by atomic mass is 10.0. The number of primary amides is 1. The molecule has 0 aromatic carbocycles. The molecule has 0 bridgehead atoms. The second-order valence-corrected chi connectivity index (χ2v) is 8.48. The Balaban J connectivity index is 1.77. The number of β-lactam (4-membered cyclic amide) rings is 1. The van der Waals surface area contributed by atoms with Crippen LogP contribution in [-0.2, 0) is 23.9 Å². The van der Waals surface area contributed by atoms with Crippen LogP contribution in [0.3, 0.4) is 0 Å². The molecule has 0 radical (unpaired) electrons. The van der Waals surface area contributed by atoms with E-state index >= 15 is 0 Å². The zero-order valence-electron chi connectivity index (χ0n) is 16.0. The van der Waals surface area contributed by atoms with Crippen molar-refractivity contribution in [3.63, 3.8) is 0 Å². The van der Waals surface area contributed by atoms with E-state index in [4.69, 9.17) is 16.2 Å². The number of anilines is 1. The Morgan fingerprint density at radius 2 is 2.13 bits per heavy atom. The van der Waals surface area contributed by atoms with Crippen LogP contribution in [0.4, 0.5) is 9.93 Å². The normalized spacial score (nSPS) is 20.9. The number of nitrogens with one attached hydrogen (secondary N) is 2. The monoisotopic (exact) mass is 470 g/mol. The quantitative estimate of drug-likeness (QED) is 0.236. The summed E-state index contributed by atoms with van der Waals surface area (Å²) in [4.78, 5) is 64.5. The number of aliphatic carboxylic acids is 1. The maximum atomic E-state index is 12.7. The predicted octanol–water partition coefficient (Wildman–Crippen LogP) is -1.26. The van der Waals surface area contributed by atoms with Crippen molar-refractivity contribution >= 4 is 58.0 Å². The van der Waals surface area contributed by atoms with E-state index in [0.29, 0.717) is 0 Å². The van der Waals surface area contributed by atoms with Gasteiger partial charge in [-0.2, -0.15) is 0 Å². The van der Waals surface area contributed by atoms with Crippen LogP contribution < -0.4 is 22.1 Å². The number of amides is 4. The van der Waals surface area contributed by atoms with Crippen LogP contribution in [0, 0.1) is 0 Å². The summed E-state index contributed by atoms with van der Waals surface area (Å²) in [6, 6.07) is -3.29. The first kappa shape index (κ1) is 22.4. The highest BCUT2D eigenvalue weighted by Crippen LogP contribution is 2.40. The molecular formula is C16H18N6O7S2. The van der Waals surface area contributed by atoms with Crippen molar-refractivity contribution in [1.29, 1.82) is 0 Å². The summed E-state index contributed by atoms with van der Waals surface area (Å²) in [5, 5.41) is 15.3. The number of nitrogens with zero attached hydrogens (tertiary/aromatic N) is 2. The largest absolute Gasteiger partial charge is 0.477 e.